The molecular formula is C19H29N3O2. The number of carbonyl (C=O) groups excluding carboxylic acids is 2. The molecule has 2 amide bonds. The average Bonchev–Trinajstić information content (AvgIpc) is 2.59. The highest BCUT2D eigenvalue weighted by molar-refractivity contribution is 5.98. The third-order valence-electron chi connectivity index (χ3n) is 4.75. The van der Waals surface area contributed by atoms with Gasteiger partial charge in [-0.05, 0) is 44.4 Å². The number of aryl methyl sites for hydroxylation is 1. The van der Waals surface area contributed by atoms with Gasteiger partial charge in [-0.3, -0.25) is 9.59 Å². The molecule has 0 bridgehead atoms. The lowest BCUT2D eigenvalue weighted by Gasteiger charge is -2.36. The van der Waals surface area contributed by atoms with E-state index in [2.05, 4.69) is 10.6 Å². The molecule has 132 valence electrons. The number of likely N-dealkylation sites (tertiary alicyclic amines) is 1. The van der Waals surface area contributed by atoms with Crippen LogP contribution in [0.25, 0.3) is 0 Å². The van der Waals surface area contributed by atoms with Crippen LogP contribution in [-0.4, -0.2) is 48.9 Å². The minimum atomic E-state index is -0.493. The highest BCUT2D eigenvalue weighted by atomic mass is 16.2. The van der Waals surface area contributed by atoms with E-state index in [1.807, 2.05) is 50.9 Å². The molecule has 2 unspecified atom stereocenters. The van der Waals surface area contributed by atoms with Crippen LogP contribution in [0.5, 0.6) is 0 Å². The van der Waals surface area contributed by atoms with Gasteiger partial charge in [0, 0.05) is 24.7 Å². The van der Waals surface area contributed by atoms with Gasteiger partial charge >= 0.3 is 0 Å². The highest BCUT2D eigenvalue weighted by Gasteiger charge is 2.31. The van der Waals surface area contributed by atoms with E-state index in [0.29, 0.717) is 18.2 Å². The van der Waals surface area contributed by atoms with Crippen LogP contribution in [0.4, 0.5) is 0 Å². The molecule has 5 nitrogen and oxygen atoms in total. The molecule has 1 heterocycles. The van der Waals surface area contributed by atoms with E-state index in [-0.39, 0.29) is 17.7 Å². The SMILES string of the molecule is CNC1CCCN(C(=O)C(NC(=O)c2ccccc2C)C(C)C)C1. The van der Waals surface area contributed by atoms with Crippen molar-refractivity contribution in [3.05, 3.63) is 35.4 Å². The van der Waals surface area contributed by atoms with Crippen molar-refractivity contribution in [2.75, 3.05) is 20.1 Å². The number of hydrogen-bond donors (Lipinski definition) is 2. The van der Waals surface area contributed by atoms with Crippen LogP contribution in [0.3, 0.4) is 0 Å². The topological polar surface area (TPSA) is 61.4 Å². The lowest BCUT2D eigenvalue weighted by molar-refractivity contribution is -0.135. The summed E-state index contributed by atoms with van der Waals surface area (Å²) < 4.78 is 0. The minimum Gasteiger partial charge on any atom is -0.340 e. The maximum Gasteiger partial charge on any atom is 0.252 e. The van der Waals surface area contributed by atoms with Crippen molar-refractivity contribution in [2.24, 2.45) is 5.92 Å². The Kier molecular flexibility index (Phi) is 6.37. The Morgan fingerprint density at radius 1 is 1.25 bits per heavy atom. The van der Waals surface area contributed by atoms with Crippen LogP contribution in [-0.2, 0) is 4.79 Å². The van der Waals surface area contributed by atoms with E-state index < -0.39 is 6.04 Å². The van der Waals surface area contributed by atoms with E-state index in [1.165, 1.54) is 0 Å². The molecule has 1 aromatic carbocycles. The predicted molar refractivity (Wildman–Crippen MR) is 95.9 cm³/mol. The van der Waals surface area contributed by atoms with Gasteiger partial charge in [-0.2, -0.15) is 0 Å². The van der Waals surface area contributed by atoms with E-state index in [1.54, 1.807) is 6.07 Å². The lowest BCUT2D eigenvalue weighted by Crippen LogP contribution is -2.55. The number of nitrogens with one attached hydrogen (secondary N) is 2. The van der Waals surface area contributed by atoms with Gasteiger partial charge in [-0.15, -0.1) is 0 Å². The standard InChI is InChI=1S/C19H29N3O2/c1-13(2)17(19(24)22-11-7-9-15(12-22)20-4)21-18(23)16-10-6-5-8-14(16)3/h5-6,8,10,13,15,17,20H,7,9,11-12H2,1-4H3,(H,21,23). The van der Waals surface area contributed by atoms with Gasteiger partial charge in [-0.25, -0.2) is 0 Å². The summed E-state index contributed by atoms with van der Waals surface area (Å²) in [6.45, 7) is 7.32. The molecule has 5 heteroatoms. The van der Waals surface area contributed by atoms with Gasteiger partial charge in [0.05, 0.1) is 0 Å². The third kappa shape index (κ3) is 4.35. The molecule has 1 fully saturated rings. The number of nitrogens with zero attached hydrogens (tertiary/aromatic N) is 1. The van der Waals surface area contributed by atoms with E-state index in [4.69, 9.17) is 0 Å². The van der Waals surface area contributed by atoms with Gasteiger partial charge in [0.1, 0.15) is 6.04 Å². The third-order valence-corrected chi connectivity index (χ3v) is 4.75. The molecule has 0 aliphatic carbocycles. The van der Waals surface area contributed by atoms with Crippen molar-refractivity contribution in [3.63, 3.8) is 0 Å². The molecule has 0 saturated carbocycles. The molecule has 2 N–H and O–H groups in total. The van der Waals surface area contributed by atoms with Crippen LogP contribution in [0.2, 0.25) is 0 Å². The summed E-state index contributed by atoms with van der Waals surface area (Å²) in [4.78, 5) is 27.4. The molecule has 2 atom stereocenters. The zero-order valence-corrected chi connectivity index (χ0v) is 15.1. The molecule has 0 radical (unpaired) electrons. The molecule has 1 aliphatic rings. The number of carbonyl (C=O) groups is 2. The number of likely N-dealkylation sites (N-methyl/N-ethyl adjacent to an activating group) is 1. The first-order valence-corrected chi connectivity index (χ1v) is 8.76. The first-order valence-electron chi connectivity index (χ1n) is 8.76. The maximum absolute atomic E-state index is 12.9. The van der Waals surface area contributed by atoms with E-state index >= 15 is 0 Å². The summed E-state index contributed by atoms with van der Waals surface area (Å²) in [6.07, 6.45) is 2.08. The van der Waals surface area contributed by atoms with Gasteiger partial charge in [0.25, 0.3) is 5.91 Å². The average molecular weight is 331 g/mol. The first-order chi connectivity index (χ1) is 11.4. The molecular weight excluding hydrogens is 302 g/mol. The fourth-order valence-corrected chi connectivity index (χ4v) is 3.17. The van der Waals surface area contributed by atoms with Crippen LogP contribution in [0.1, 0.15) is 42.6 Å². The first kappa shape index (κ1) is 18.5. The number of amides is 2. The Balaban J connectivity index is 2.10. The van der Waals surface area contributed by atoms with E-state index in [9.17, 15) is 9.59 Å². The zero-order chi connectivity index (χ0) is 17.7. The van der Waals surface area contributed by atoms with Crippen molar-refractivity contribution in [2.45, 2.75) is 45.7 Å². The highest BCUT2D eigenvalue weighted by Crippen LogP contribution is 2.15. The molecule has 0 aromatic heterocycles. The maximum atomic E-state index is 12.9. The monoisotopic (exact) mass is 331 g/mol. The smallest absolute Gasteiger partial charge is 0.252 e. The number of rotatable bonds is 5. The second-order valence-electron chi connectivity index (χ2n) is 6.92. The lowest BCUT2D eigenvalue weighted by atomic mass is 9.99. The second-order valence-corrected chi connectivity index (χ2v) is 6.92. The van der Waals surface area contributed by atoms with Crippen molar-refractivity contribution in [3.8, 4) is 0 Å². The van der Waals surface area contributed by atoms with Crippen molar-refractivity contribution in [1.29, 1.82) is 0 Å². The fraction of sp³-hybridized carbons (Fsp3) is 0.579. The van der Waals surface area contributed by atoms with Gasteiger partial charge in [0.15, 0.2) is 0 Å². The largest absolute Gasteiger partial charge is 0.340 e. The Labute approximate surface area is 144 Å². The number of piperidine rings is 1. The minimum absolute atomic E-state index is 0.0203. The molecule has 2 rings (SSSR count). The summed E-state index contributed by atoms with van der Waals surface area (Å²) in [5.41, 5.74) is 1.54. The Hall–Kier alpha value is -1.88. The van der Waals surface area contributed by atoms with E-state index in [0.717, 1.165) is 24.9 Å². The summed E-state index contributed by atoms with van der Waals surface area (Å²) in [5, 5.41) is 6.20. The van der Waals surface area contributed by atoms with Crippen molar-refractivity contribution in [1.82, 2.24) is 15.5 Å². The summed E-state index contributed by atoms with van der Waals surface area (Å²) in [7, 11) is 1.93. The van der Waals surface area contributed by atoms with Gasteiger partial charge < -0.3 is 15.5 Å². The van der Waals surface area contributed by atoms with Gasteiger partial charge in [0.2, 0.25) is 5.91 Å². The number of benzene rings is 1. The molecule has 0 spiro atoms. The fourth-order valence-electron chi connectivity index (χ4n) is 3.17. The summed E-state index contributed by atoms with van der Waals surface area (Å²) in [6, 6.07) is 7.29. The Morgan fingerprint density at radius 3 is 2.58 bits per heavy atom. The summed E-state index contributed by atoms with van der Waals surface area (Å²) in [5.74, 6) is -0.116. The van der Waals surface area contributed by atoms with Gasteiger partial charge in [-0.1, -0.05) is 32.0 Å². The van der Waals surface area contributed by atoms with Crippen molar-refractivity contribution < 1.29 is 9.59 Å². The normalized spacial score (nSPS) is 19.2. The van der Waals surface area contributed by atoms with Crippen LogP contribution >= 0.6 is 0 Å². The second kappa shape index (κ2) is 8.29. The Bertz CT molecular complexity index is 586. The zero-order valence-electron chi connectivity index (χ0n) is 15.1. The quantitative estimate of drug-likeness (QED) is 0.867. The summed E-state index contributed by atoms with van der Waals surface area (Å²) >= 11 is 0. The Morgan fingerprint density at radius 2 is 1.96 bits per heavy atom. The van der Waals surface area contributed by atoms with Crippen LogP contribution in [0.15, 0.2) is 24.3 Å². The number of hydrogen-bond acceptors (Lipinski definition) is 3. The van der Waals surface area contributed by atoms with Crippen LogP contribution < -0.4 is 10.6 Å². The predicted octanol–water partition coefficient (Wildman–Crippen LogP) is 1.96. The van der Waals surface area contributed by atoms with Crippen LogP contribution in [0, 0.1) is 12.8 Å². The molecule has 1 saturated heterocycles. The molecule has 24 heavy (non-hydrogen) atoms. The van der Waals surface area contributed by atoms with Crippen molar-refractivity contribution >= 4 is 11.8 Å². The molecule has 1 aliphatic heterocycles. The molecule has 1 aromatic rings.